The van der Waals surface area contributed by atoms with Crippen molar-refractivity contribution in [3.8, 4) is 0 Å². The normalized spacial score (nSPS) is 16.3. The quantitative estimate of drug-likeness (QED) is 0.305. The summed E-state index contributed by atoms with van der Waals surface area (Å²) >= 11 is -2.30. The molecule has 0 aromatic carbocycles. The van der Waals surface area contributed by atoms with Gasteiger partial charge in [-0.2, -0.15) is 0 Å². The van der Waals surface area contributed by atoms with Crippen LogP contribution in [0.25, 0.3) is 0 Å². The first-order valence-corrected chi connectivity index (χ1v) is 18.0. The van der Waals surface area contributed by atoms with Crippen molar-refractivity contribution in [2.45, 2.75) is 123 Å². The van der Waals surface area contributed by atoms with Gasteiger partial charge in [0, 0.05) is 0 Å². The molecule has 0 saturated carbocycles. The number of rotatable bonds is 15. The summed E-state index contributed by atoms with van der Waals surface area (Å²) in [6.45, 7) is 13.3. The van der Waals surface area contributed by atoms with E-state index in [1.165, 1.54) is 58.3 Å². The van der Waals surface area contributed by atoms with Crippen LogP contribution in [0.4, 0.5) is 0 Å². The second-order valence-electron chi connectivity index (χ2n) is 7.60. The molecule has 2 nitrogen and oxygen atoms in total. The van der Waals surface area contributed by atoms with Gasteiger partial charge in [-0.25, -0.2) is 0 Å². The molecule has 1 N–H and O–H groups in total. The minimum absolute atomic E-state index is 0.195. The molecule has 0 unspecified atom stereocenters. The molecular formula is C20H44O2Sn. The number of hydrogen-bond donors (Lipinski definition) is 1. The molecule has 0 aromatic rings. The van der Waals surface area contributed by atoms with Gasteiger partial charge in [-0.15, -0.1) is 0 Å². The molecule has 0 aliphatic rings. The average Bonchev–Trinajstić information content (AvgIpc) is 2.52. The molecule has 0 aliphatic heterocycles. The topological polar surface area (TPSA) is 29.5 Å². The Kier molecular flexibility index (Phi) is 14.4. The summed E-state index contributed by atoms with van der Waals surface area (Å²) < 4.78 is 11.7. The van der Waals surface area contributed by atoms with Crippen LogP contribution in [0, 0.1) is 0 Å². The van der Waals surface area contributed by atoms with Crippen LogP contribution in [0.1, 0.15) is 92.9 Å². The Morgan fingerprint density at radius 1 is 0.826 bits per heavy atom. The maximum absolute atomic E-state index is 9.67. The van der Waals surface area contributed by atoms with Gasteiger partial charge in [0.15, 0.2) is 0 Å². The SMILES string of the molecule is CCC[CH2][Sn]([CH2]CCC)([CH2]CCC)[C@@H](CC)O[C@@H](C)C[C@H](C)O. The third kappa shape index (κ3) is 9.69. The van der Waals surface area contributed by atoms with Crippen molar-refractivity contribution in [3.63, 3.8) is 0 Å². The first kappa shape index (κ1) is 23.7. The number of aliphatic hydroxyl groups is 1. The Bertz CT molecular complexity index is 247. The van der Waals surface area contributed by atoms with Crippen LogP contribution in [0.5, 0.6) is 0 Å². The Morgan fingerprint density at radius 2 is 1.26 bits per heavy atom. The fourth-order valence-corrected chi connectivity index (χ4v) is 21.8. The van der Waals surface area contributed by atoms with Gasteiger partial charge in [0.2, 0.25) is 0 Å². The summed E-state index contributed by atoms with van der Waals surface area (Å²) in [6, 6.07) is 0. The summed E-state index contributed by atoms with van der Waals surface area (Å²) in [6.07, 6.45) is 10.0. The van der Waals surface area contributed by atoms with Crippen LogP contribution in [0.15, 0.2) is 0 Å². The van der Waals surface area contributed by atoms with Crippen LogP contribution in [0.3, 0.4) is 0 Å². The van der Waals surface area contributed by atoms with Gasteiger partial charge in [-0.1, -0.05) is 0 Å². The van der Waals surface area contributed by atoms with Gasteiger partial charge in [0.05, 0.1) is 0 Å². The number of unbranched alkanes of at least 4 members (excludes halogenated alkanes) is 3. The fraction of sp³-hybridized carbons (Fsp3) is 1.00. The fourth-order valence-electron chi connectivity index (χ4n) is 3.93. The molecule has 140 valence electrons. The van der Waals surface area contributed by atoms with Gasteiger partial charge >= 0.3 is 151 Å². The molecule has 0 fully saturated rings. The number of hydrogen-bond acceptors (Lipinski definition) is 2. The van der Waals surface area contributed by atoms with E-state index in [2.05, 4.69) is 34.6 Å². The number of aliphatic hydroxyl groups excluding tert-OH is 1. The summed E-state index contributed by atoms with van der Waals surface area (Å²) in [7, 11) is 0. The molecule has 0 amide bonds. The van der Waals surface area contributed by atoms with E-state index in [1.807, 2.05) is 6.92 Å². The summed E-state index contributed by atoms with van der Waals surface area (Å²) in [5.41, 5.74) is 0. The molecule has 0 bridgehead atoms. The van der Waals surface area contributed by atoms with Gasteiger partial charge in [0.25, 0.3) is 0 Å². The Balaban J connectivity index is 5.16. The van der Waals surface area contributed by atoms with E-state index in [0.29, 0.717) is 4.12 Å². The third-order valence-electron chi connectivity index (χ3n) is 5.21. The molecule has 0 aromatic heterocycles. The van der Waals surface area contributed by atoms with Crippen molar-refractivity contribution in [3.05, 3.63) is 0 Å². The van der Waals surface area contributed by atoms with Gasteiger partial charge in [-0.05, 0) is 0 Å². The van der Waals surface area contributed by atoms with E-state index < -0.39 is 18.4 Å². The van der Waals surface area contributed by atoms with Crippen LogP contribution in [-0.4, -0.2) is 39.8 Å². The van der Waals surface area contributed by atoms with Crippen LogP contribution < -0.4 is 0 Å². The molecule has 0 aliphatic carbocycles. The molecule has 23 heavy (non-hydrogen) atoms. The van der Waals surface area contributed by atoms with Crippen LogP contribution in [0.2, 0.25) is 13.3 Å². The van der Waals surface area contributed by atoms with E-state index in [9.17, 15) is 5.11 Å². The number of ether oxygens (including phenoxy) is 1. The zero-order valence-electron chi connectivity index (χ0n) is 16.9. The first-order valence-electron chi connectivity index (χ1n) is 10.3. The Labute approximate surface area is 150 Å². The van der Waals surface area contributed by atoms with Crippen molar-refractivity contribution in [1.82, 2.24) is 0 Å². The van der Waals surface area contributed by atoms with E-state index >= 15 is 0 Å². The van der Waals surface area contributed by atoms with E-state index in [1.54, 1.807) is 0 Å². The third-order valence-corrected chi connectivity index (χ3v) is 22.2. The second-order valence-corrected chi connectivity index (χ2v) is 21.5. The van der Waals surface area contributed by atoms with E-state index in [0.717, 1.165) is 6.42 Å². The first-order chi connectivity index (χ1) is 11.0. The molecule has 0 saturated heterocycles. The molecular weight excluding hydrogens is 391 g/mol. The summed E-state index contributed by atoms with van der Waals surface area (Å²) in [4.78, 5) is 0. The molecule has 3 atom stereocenters. The predicted octanol–water partition coefficient (Wildman–Crippen LogP) is 6.33. The zero-order chi connectivity index (χ0) is 17.7. The van der Waals surface area contributed by atoms with Crippen LogP contribution >= 0.6 is 0 Å². The summed E-state index contributed by atoms with van der Waals surface area (Å²) in [5, 5.41) is 9.67. The van der Waals surface area contributed by atoms with Crippen molar-refractivity contribution in [1.29, 1.82) is 0 Å². The van der Waals surface area contributed by atoms with Gasteiger partial charge in [-0.3, -0.25) is 0 Å². The van der Waals surface area contributed by atoms with Crippen molar-refractivity contribution >= 4 is 18.4 Å². The van der Waals surface area contributed by atoms with Crippen LogP contribution in [-0.2, 0) is 4.74 Å². The van der Waals surface area contributed by atoms with Crippen molar-refractivity contribution in [2.75, 3.05) is 0 Å². The Morgan fingerprint density at radius 3 is 1.57 bits per heavy atom. The second kappa shape index (κ2) is 13.9. The molecule has 0 spiro atoms. The zero-order valence-corrected chi connectivity index (χ0v) is 19.7. The molecule has 0 rings (SSSR count). The van der Waals surface area contributed by atoms with Crippen molar-refractivity contribution < 1.29 is 9.84 Å². The monoisotopic (exact) mass is 436 g/mol. The minimum atomic E-state index is -2.30. The maximum atomic E-state index is 9.67. The molecule has 0 heterocycles. The van der Waals surface area contributed by atoms with Crippen molar-refractivity contribution in [2.24, 2.45) is 0 Å². The van der Waals surface area contributed by atoms with E-state index in [-0.39, 0.29) is 12.2 Å². The standard InChI is InChI=1S/C8H17O2.3C4H9.Sn/c1-4-5-10-8(3)6-7(2)9;3*1-3-4-2;/h5,7-9H,4,6H2,1-3H3;3*1,3-4H2,2H3;/t7-,8-;;;;/m0..../s1. The summed E-state index contributed by atoms with van der Waals surface area (Å²) in [5.74, 6) is 0. The average molecular weight is 435 g/mol. The Hall–Kier alpha value is 0.719. The van der Waals surface area contributed by atoms with Gasteiger partial charge in [0.1, 0.15) is 0 Å². The molecule has 0 radical (unpaired) electrons. The van der Waals surface area contributed by atoms with E-state index in [4.69, 9.17) is 4.74 Å². The molecule has 3 heteroatoms. The predicted molar refractivity (Wildman–Crippen MR) is 106 cm³/mol. The van der Waals surface area contributed by atoms with Gasteiger partial charge < -0.3 is 0 Å².